The Bertz CT molecular complexity index is 724. The number of pyridine rings is 1. The van der Waals surface area contributed by atoms with Gasteiger partial charge in [-0.05, 0) is 31.9 Å². The normalized spacial score (nSPS) is 10.1. The van der Waals surface area contributed by atoms with Crippen LogP contribution in [0.2, 0.25) is 0 Å². The number of nitrogens with zero attached hydrogens (tertiary/aromatic N) is 2. The summed E-state index contributed by atoms with van der Waals surface area (Å²) >= 11 is 1.53. The van der Waals surface area contributed by atoms with Crippen LogP contribution in [-0.2, 0) is 11.2 Å². The number of carbonyl (C=O) groups excluding carboxylic acids is 1. The van der Waals surface area contributed by atoms with Gasteiger partial charge in [0.05, 0.1) is 23.4 Å². The molecule has 118 valence electrons. The lowest BCUT2D eigenvalue weighted by atomic mass is 10.1. The summed E-state index contributed by atoms with van der Waals surface area (Å²) in [4.78, 5) is 16.3. The first-order valence-electron chi connectivity index (χ1n) is 7.41. The van der Waals surface area contributed by atoms with E-state index in [9.17, 15) is 10.1 Å². The predicted molar refractivity (Wildman–Crippen MR) is 90.5 cm³/mol. The molecule has 0 unspecified atom stereocenters. The number of rotatable bonds is 6. The number of aryl methyl sites for hydroxylation is 2. The van der Waals surface area contributed by atoms with E-state index in [-0.39, 0.29) is 0 Å². The van der Waals surface area contributed by atoms with Crippen molar-refractivity contribution in [2.24, 2.45) is 0 Å². The summed E-state index contributed by atoms with van der Waals surface area (Å²) in [7, 11) is 0. The first kappa shape index (κ1) is 17.0. The molecule has 0 aliphatic carbocycles. The molecular formula is C18H18N2O2S. The van der Waals surface area contributed by atoms with Gasteiger partial charge in [-0.15, -0.1) is 11.8 Å². The molecule has 0 atom stereocenters. The van der Waals surface area contributed by atoms with E-state index < -0.39 is 5.97 Å². The van der Waals surface area contributed by atoms with Gasteiger partial charge in [0.15, 0.2) is 0 Å². The van der Waals surface area contributed by atoms with Gasteiger partial charge in [-0.25, -0.2) is 9.78 Å². The van der Waals surface area contributed by atoms with Crippen molar-refractivity contribution in [2.45, 2.75) is 25.3 Å². The average Bonchev–Trinajstić information content (AvgIpc) is 2.56. The van der Waals surface area contributed by atoms with Gasteiger partial charge in [0.1, 0.15) is 11.1 Å². The molecule has 23 heavy (non-hydrogen) atoms. The Kier molecular flexibility index (Phi) is 6.19. The SMILES string of the molecule is CCOC(=O)c1cc(C#N)c(SCCc2ccccc2)nc1C. The highest BCUT2D eigenvalue weighted by molar-refractivity contribution is 7.99. The molecule has 0 bridgehead atoms. The minimum Gasteiger partial charge on any atom is -0.462 e. The van der Waals surface area contributed by atoms with Crippen LogP contribution < -0.4 is 0 Å². The van der Waals surface area contributed by atoms with E-state index in [2.05, 4.69) is 23.2 Å². The Morgan fingerprint density at radius 2 is 2.09 bits per heavy atom. The van der Waals surface area contributed by atoms with Crippen molar-refractivity contribution in [1.29, 1.82) is 5.26 Å². The molecule has 2 aromatic rings. The number of esters is 1. The van der Waals surface area contributed by atoms with Gasteiger partial charge >= 0.3 is 5.97 Å². The number of ether oxygens (including phenoxy) is 1. The Morgan fingerprint density at radius 3 is 2.74 bits per heavy atom. The Balaban J connectivity index is 2.11. The first-order valence-corrected chi connectivity index (χ1v) is 8.39. The lowest BCUT2D eigenvalue weighted by molar-refractivity contribution is 0.0524. The number of benzene rings is 1. The maximum Gasteiger partial charge on any atom is 0.340 e. The molecule has 0 aliphatic rings. The smallest absolute Gasteiger partial charge is 0.340 e. The molecule has 0 N–H and O–H groups in total. The lowest BCUT2D eigenvalue weighted by Crippen LogP contribution is -2.09. The van der Waals surface area contributed by atoms with Crippen molar-refractivity contribution < 1.29 is 9.53 Å². The molecule has 0 saturated carbocycles. The third-order valence-corrected chi connectivity index (χ3v) is 4.26. The molecule has 1 heterocycles. The van der Waals surface area contributed by atoms with Crippen LogP contribution in [0, 0.1) is 18.3 Å². The van der Waals surface area contributed by atoms with Crippen molar-refractivity contribution in [3.63, 3.8) is 0 Å². The molecule has 1 aromatic heterocycles. The van der Waals surface area contributed by atoms with Gasteiger partial charge in [-0.1, -0.05) is 30.3 Å². The van der Waals surface area contributed by atoms with Crippen LogP contribution in [0.15, 0.2) is 41.4 Å². The maximum absolute atomic E-state index is 11.9. The Morgan fingerprint density at radius 1 is 1.35 bits per heavy atom. The van der Waals surface area contributed by atoms with Crippen molar-refractivity contribution in [3.8, 4) is 6.07 Å². The van der Waals surface area contributed by atoms with Crippen LogP contribution in [0.3, 0.4) is 0 Å². The summed E-state index contributed by atoms with van der Waals surface area (Å²) in [5, 5.41) is 9.97. The van der Waals surface area contributed by atoms with Crippen molar-refractivity contribution in [2.75, 3.05) is 12.4 Å². The Hall–Kier alpha value is -2.32. The first-order chi connectivity index (χ1) is 11.2. The molecular weight excluding hydrogens is 308 g/mol. The van der Waals surface area contributed by atoms with Crippen LogP contribution in [0.4, 0.5) is 0 Å². The summed E-state index contributed by atoms with van der Waals surface area (Å²) in [6.07, 6.45) is 0.900. The fourth-order valence-corrected chi connectivity index (χ4v) is 3.09. The van der Waals surface area contributed by atoms with E-state index in [4.69, 9.17) is 4.74 Å². The maximum atomic E-state index is 11.9. The van der Waals surface area contributed by atoms with E-state index in [0.29, 0.717) is 28.5 Å². The fourth-order valence-electron chi connectivity index (χ4n) is 2.10. The largest absolute Gasteiger partial charge is 0.462 e. The van der Waals surface area contributed by atoms with Gasteiger partial charge in [0, 0.05) is 5.75 Å². The van der Waals surface area contributed by atoms with Gasteiger partial charge in [0.2, 0.25) is 0 Å². The zero-order chi connectivity index (χ0) is 16.7. The lowest BCUT2D eigenvalue weighted by Gasteiger charge is -2.09. The van der Waals surface area contributed by atoms with Crippen LogP contribution >= 0.6 is 11.8 Å². The number of thioether (sulfide) groups is 1. The molecule has 1 aromatic carbocycles. The molecule has 4 nitrogen and oxygen atoms in total. The second-order valence-electron chi connectivity index (χ2n) is 4.89. The molecule has 0 spiro atoms. The number of nitriles is 1. The quantitative estimate of drug-likeness (QED) is 0.597. The highest BCUT2D eigenvalue weighted by Crippen LogP contribution is 2.24. The fraction of sp³-hybridized carbons (Fsp3) is 0.278. The second-order valence-corrected chi connectivity index (χ2v) is 5.97. The second kappa shape index (κ2) is 8.35. The van der Waals surface area contributed by atoms with Gasteiger partial charge in [0.25, 0.3) is 0 Å². The van der Waals surface area contributed by atoms with Gasteiger partial charge in [-0.2, -0.15) is 5.26 Å². The minimum atomic E-state index is -0.435. The number of hydrogen-bond acceptors (Lipinski definition) is 5. The van der Waals surface area contributed by atoms with Crippen LogP contribution in [-0.4, -0.2) is 23.3 Å². The van der Waals surface area contributed by atoms with E-state index >= 15 is 0 Å². The summed E-state index contributed by atoms with van der Waals surface area (Å²) in [5.74, 6) is 0.388. The molecule has 0 aliphatic heterocycles. The monoisotopic (exact) mass is 326 g/mol. The van der Waals surface area contributed by atoms with Gasteiger partial charge < -0.3 is 4.74 Å². The molecule has 0 saturated heterocycles. The van der Waals surface area contributed by atoms with E-state index in [1.54, 1.807) is 19.9 Å². The predicted octanol–water partition coefficient (Wildman–Crippen LogP) is 3.77. The molecule has 0 fully saturated rings. The third kappa shape index (κ3) is 4.57. The van der Waals surface area contributed by atoms with Crippen LogP contribution in [0.1, 0.15) is 34.1 Å². The van der Waals surface area contributed by atoms with Crippen molar-refractivity contribution >= 4 is 17.7 Å². The summed E-state index contributed by atoms with van der Waals surface area (Å²) < 4.78 is 4.99. The third-order valence-electron chi connectivity index (χ3n) is 3.27. The van der Waals surface area contributed by atoms with E-state index in [1.807, 2.05) is 18.2 Å². The van der Waals surface area contributed by atoms with Crippen LogP contribution in [0.5, 0.6) is 0 Å². The zero-order valence-corrected chi connectivity index (χ0v) is 14.0. The zero-order valence-electron chi connectivity index (χ0n) is 13.2. The number of aromatic nitrogens is 1. The van der Waals surface area contributed by atoms with Crippen LogP contribution in [0.25, 0.3) is 0 Å². The number of hydrogen-bond donors (Lipinski definition) is 0. The highest BCUT2D eigenvalue weighted by Gasteiger charge is 2.16. The molecule has 0 amide bonds. The molecule has 2 rings (SSSR count). The summed E-state index contributed by atoms with van der Waals surface area (Å²) in [5.41, 5.74) is 2.61. The van der Waals surface area contributed by atoms with Crippen molar-refractivity contribution in [1.82, 2.24) is 4.98 Å². The summed E-state index contributed by atoms with van der Waals surface area (Å²) in [6.45, 7) is 3.81. The standard InChI is InChI=1S/C18H18N2O2S/c1-3-22-18(21)16-11-15(12-19)17(20-13(16)2)23-10-9-14-7-5-4-6-8-14/h4-8,11H,3,9-10H2,1-2H3. The van der Waals surface area contributed by atoms with E-state index in [0.717, 1.165) is 12.2 Å². The number of carbonyl (C=O) groups is 1. The molecule has 0 radical (unpaired) electrons. The molecule has 5 heteroatoms. The van der Waals surface area contributed by atoms with Crippen molar-refractivity contribution in [3.05, 3.63) is 58.8 Å². The van der Waals surface area contributed by atoms with Gasteiger partial charge in [-0.3, -0.25) is 0 Å². The Labute approximate surface area is 140 Å². The topological polar surface area (TPSA) is 63.0 Å². The average molecular weight is 326 g/mol. The highest BCUT2D eigenvalue weighted by atomic mass is 32.2. The summed E-state index contributed by atoms with van der Waals surface area (Å²) in [6, 6.07) is 13.9. The minimum absolute atomic E-state index is 0.299. The van der Waals surface area contributed by atoms with E-state index in [1.165, 1.54) is 17.3 Å².